The summed E-state index contributed by atoms with van der Waals surface area (Å²) in [6.07, 6.45) is 0.313. The Kier molecular flexibility index (Phi) is 3.66. The van der Waals surface area contributed by atoms with Gasteiger partial charge >= 0.3 is 5.97 Å². The average molecular weight is 250 g/mol. The molecule has 0 spiro atoms. The topological polar surface area (TPSA) is 76.2 Å². The second-order valence-electron chi connectivity index (χ2n) is 3.75. The van der Waals surface area contributed by atoms with Crippen molar-refractivity contribution in [1.82, 2.24) is 10.2 Å². The number of benzene rings is 1. The Hall–Kier alpha value is -2.24. The third kappa shape index (κ3) is 3.13. The first-order valence-corrected chi connectivity index (χ1v) is 5.41. The van der Waals surface area contributed by atoms with Gasteiger partial charge in [-0.15, -0.1) is 10.2 Å². The quantitative estimate of drug-likeness (QED) is 0.875. The van der Waals surface area contributed by atoms with Crippen molar-refractivity contribution in [1.29, 1.82) is 0 Å². The Morgan fingerprint density at radius 3 is 2.72 bits per heavy atom. The van der Waals surface area contributed by atoms with Gasteiger partial charge in [-0.1, -0.05) is 18.2 Å². The van der Waals surface area contributed by atoms with Gasteiger partial charge in [0.2, 0.25) is 11.8 Å². The van der Waals surface area contributed by atoms with Crippen molar-refractivity contribution in [2.24, 2.45) is 0 Å². The Bertz CT molecular complexity index is 554. The Balaban J connectivity index is 2.02. The number of hydrogen-bond acceptors (Lipinski definition) is 4. The Morgan fingerprint density at radius 1 is 1.28 bits per heavy atom. The molecular weight excluding hydrogens is 239 g/mol. The fourth-order valence-corrected chi connectivity index (χ4v) is 1.48. The van der Waals surface area contributed by atoms with E-state index < -0.39 is 5.97 Å². The van der Waals surface area contributed by atoms with Crippen molar-refractivity contribution in [3.8, 4) is 0 Å². The fourth-order valence-electron chi connectivity index (χ4n) is 1.48. The van der Waals surface area contributed by atoms with Gasteiger partial charge in [0.15, 0.2) is 0 Å². The van der Waals surface area contributed by atoms with Gasteiger partial charge in [0.05, 0.1) is 12.8 Å². The van der Waals surface area contributed by atoms with E-state index in [4.69, 9.17) is 9.52 Å². The summed E-state index contributed by atoms with van der Waals surface area (Å²) in [6, 6.07) is 6.32. The minimum Gasteiger partial charge on any atom is -0.481 e. The predicted molar refractivity (Wildman–Crippen MR) is 59.5 cm³/mol. The smallest absolute Gasteiger partial charge is 0.303 e. The van der Waals surface area contributed by atoms with E-state index in [0.717, 1.165) is 0 Å². The van der Waals surface area contributed by atoms with Gasteiger partial charge in [-0.25, -0.2) is 4.39 Å². The van der Waals surface area contributed by atoms with Crippen LogP contribution in [0.15, 0.2) is 28.7 Å². The Morgan fingerprint density at radius 2 is 2.00 bits per heavy atom. The largest absolute Gasteiger partial charge is 0.481 e. The third-order valence-electron chi connectivity index (χ3n) is 2.36. The minimum atomic E-state index is -0.927. The number of hydrogen-bond donors (Lipinski definition) is 1. The highest BCUT2D eigenvalue weighted by Gasteiger charge is 2.10. The molecule has 0 amide bonds. The second-order valence-corrected chi connectivity index (χ2v) is 3.75. The molecule has 0 atom stereocenters. The molecule has 0 aliphatic carbocycles. The van der Waals surface area contributed by atoms with Crippen molar-refractivity contribution in [3.63, 3.8) is 0 Å². The number of nitrogens with zero attached hydrogens (tertiary/aromatic N) is 2. The highest BCUT2D eigenvalue weighted by atomic mass is 19.1. The summed E-state index contributed by atoms with van der Waals surface area (Å²) in [4.78, 5) is 10.4. The highest BCUT2D eigenvalue weighted by Crippen LogP contribution is 2.12. The molecule has 94 valence electrons. The van der Waals surface area contributed by atoms with Crippen molar-refractivity contribution < 1.29 is 18.7 Å². The molecule has 0 saturated carbocycles. The fraction of sp³-hybridized carbons (Fsp3) is 0.250. The molecule has 0 saturated heterocycles. The maximum atomic E-state index is 13.4. The molecule has 1 aromatic heterocycles. The lowest BCUT2D eigenvalue weighted by Gasteiger charge is -1.97. The van der Waals surface area contributed by atoms with Crippen LogP contribution in [0.25, 0.3) is 0 Å². The number of halogens is 1. The van der Waals surface area contributed by atoms with Gasteiger partial charge in [0.25, 0.3) is 0 Å². The van der Waals surface area contributed by atoms with E-state index in [2.05, 4.69) is 10.2 Å². The molecule has 1 aromatic carbocycles. The monoisotopic (exact) mass is 250 g/mol. The molecule has 6 heteroatoms. The predicted octanol–water partition coefficient (Wildman–Crippen LogP) is 1.82. The van der Waals surface area contributed by atoms with Crippen LogP contribution < -0.4 is 0 Å². The Labute approximate surface area is 102 Å². The molecule has 1 heterocycles. The van der Waals surface area contributed by atoms with Crippen LogP contribution in [0.2, 0.25) is 0 Å². The zero-order valence-electron chi connectivity index (χ0n) is 9.47. The van der Waals surface area contributed by atoms with E-state index in [-0.39, 0.29) is 36.9 Å². The zero-order chi connectivity index (χ0) is 13.0. The van der Waals surface area contributed by atoms with Gasteiger partial charge in [-0.2, -0.15) is 0 Å². The van der Waals surface area contributed by atoms with Gasteiger partial charge < -0.3 is 9.52 Å². The molecule has 0 bridgehead atoms. The number of carbonyl (C=O) groups is 1. The molecule has 0 fully saturated rings. The summed E-state index contributed by atoms with van der Waals surface area (Å²) >= 11 is 0. The lowest BCUT2D eigenvalue weighted by molar-refractivity contribution is -0.137. The molecule has 2 rings (SSSR count). The SMILES string of the molecule is O=C(O)CCc1nnc(Cc2ccccc2F)o1. The van der Waals surface area contributed by atoms with Gasteiger partial charge in [-0.05, 0) is 11.6 Å². The molecule has 5 nitrogen and oxygen atoms in total. The number of carboxylic acid groups (broad SMARTS) is 1. The van der Waals surface area contributed by atoms with E-state index in [1.54, 1.807) is 18.2 Å². The average Bonchev–Trinajstić information content (AvgIpc) is 2.77. The van der Waals surface area contributed by atoms with Crippen LogP contribution in [0.5, 0.6) is 0 Å². The minimum absolute atomic E-state index is 0.0681. The molecule has 0 aliphatic heterocycles. The molecule has 0 radical (unpaired) electrons. The van der Waals surface area contributed by atoms with Crippen LogP contribution >= 0.6 is 0 Å². The number of aromatic nitrogens is 2. The summed E-state index contributed by atoms with van der Waals surface area (Å²) in [6.45, 7) is 0. The van der Waals surface area contributed by atoms with E-state index in [0.29, 0.717) is 5.56 Å². The normalized spacial score (nSPS) is 10.5. The highest BCUT2D eigenvalue weighted by molar-refractivity contribution is 5.66. The maximum Gasteiger partial charge on any atom is 0.303 e. The number of rotatable bonds is 5. The van der Waals surface area contributed by atoms with Gasteiger partial charge in [0.1, 0.15) is 5.82 Å². The maximum absolute atomic E-state index is 13.4. The molecule has 2 aromatic rings. The summed E-state index contributed by atoms with van der Waals surface area (Å²) in [7, 11) is 0. The number of aryl methyl sites for hydroxylation is 1. The van der Waals surface area contributed by atoms with Crippen LogP contribution in [0.1, 0.15) is 23.8 Å². The van der Waals surface area contributed by atoms with Crippen LogP contribution in [0, 0.1) is 5.82 Å². The van der Waals surface area contributed by atoms with Gasteiger partial charge in [-0.3, -0.25) is 4.79 Å². The summed E-state index contributed by atoms with van der Waals surface area (Å²) in [5, 5.41) is 16.0. The van der Waals surface area contributed by atoms with Crippen LogP contribution in [0.3, 0.4) is 0 Å². The zero-order valence-corrected chi connectivity index (χ0v) is 9.47. The van der Waals surface area contributed by atoms with E-state index >= 15 is 0 Å². The van der Waals surface area contributed by atoms with Gasteiger partial charge in [0, 0.05) is 6.42 Å². The first-order valence-electron chi connectivity index (χ1n) is 5.41. The summed E-state index contributed by atoms with van der Waals surface area (Å²) < 4.78 is 18.6. The van der Waals surface area contributed by atoms with E-state index in [1.165, 1.54) is 6.07 Å². The lowest BCUT2D eigenvalue weighted by Crippen LogP contribution is -1.97. The van der Waals surface area contributed by atoms with Crippen molar-refractivity contribution in [2.45, 2.75) is 19.3 Å². The summed E-state index contributed by atoms with van der Waals surface area (Å²) in [5.41, 5.74) is 0.464. The standard InChI is InChI=1S/C12H11FN2O3/c13-9-4-2-1-3-8(9)7-11-15-14-10(18-11)5-6-12(16)17/h1-4H,5-7H2,(H,16,17). The van der Waals surface area contributed by atoms with Crippen LogP contribution in [-0.2, 0) is 17.6 Å². The molecule has 1 N–H and O–H groups in total. The van der Waals surface area contributed by atoms with E-state index in [1.807, 2.05) is 0 Å². The molecular formula is C12H11FN2O3. The first kappa shape index (κ1) is 12.2. The molecule has 0 aliphatic rings. The number of carboxylic acids is 1. The summed E-state index contributed by atoms with van der Waals surface area (Å²) in [5.74, 6) is -0.726. The third-order valence-corrected chi connectivity index (χ3v) is 2.36. The van der Waals surface area contributed by atoms with Crippen molar-refractivity contribution in [3.05, 3.63) is 47.4 Å². The second kappa shape index (κ2) is 5.39. The lowest BCUT2D eigenvalue weighted by atomic mass is 10.1. The molecule has 18 heavy (non-hydrogen) atoms. The van der Waals surface area contributed by atoms with Crippen molar-refractivity contribution >= 4 is 5.97 Å². The van der Waals surface area contributed by atoms with E-state index in [9.17, 15) is 9.18 Å². The molecule has 0 unspecified atom stereocenters. The number of aliphatic carboxylic acids is 1. The van der Waals surface area contributed by atoms with Crippen molar-refractivity contribution in [2.75, 3.05) is 0 Å². The first-order chi connectivity index (χ1) is 8.65. The van der Waals surface area contributed by atoms with Crippen LogP contribution in [0.4, 0.5) is 4.39 Å². The van der Waals surface area contributed by atoms with Crippen LogP contribution in [-0.4, -0.2) is 21.3 Å².